The minimum absolute atomic E-state index is 0.0390. The summed E-state index contributed by atoms with van der Waals surface area (Å²) in [5.74, 6) is 0.227. The maximum Gasteiger partial charge on any atom is 0.227 e. The van der Waals surface area contributed by atoms with E-state index in [-0.39, 0.29) is 29.7 Å². The van der Waals surface area contributed by atoms with Crippen LogP contribution in [-0.4, -0.2) is 56.0 Å². The minimum atomic E-state index is -0.356. The monoisotopic (exact) mass is 421 g/mol. The highest BCUT2D eigenvalue weighted by Gasteiger charge is 2.41. The molecular weight excluding hydrogens is 390 g/mol. The molecule has 1 heterocycles. The number of fused-ring (bicyclic) bond motifs is 1. The molecule has 2 aromatic carbocycles. The van der Waals surface area contributed by atoms with E-state index in [2.05, 4.69) is 48.6 Å². The van der Waals surface area contributed by atoms with Gasteiger partial charge in [-0.1, -0.05) is 36.4 Å². The topological polar surface area (TPSA) is 61.9 Å². The molecule has 0 aromatic heterocycles. The van der Waals surface area contributed by atoms with Crippen molar-refractivity contribution in [3.63, 3.8) is 0 Å². The summed E-state index contributed by atoms with van der Waals surface area (Å²) in [7, 11) is 4.15. The van der Waals surface area contributed by atoms with Crippen molar-refractivity contribution in [2.24, 2.45) is 5.92 Å². The average molecular weight is 422 g/mol. The Kier molecular flexibility index (Phi) is 6.01. The molecule has 0 saturated carbocycles. The van der Waals surface area contributed by atoms with Gasteiger partial charge in [0.2, 0.25) is 11.8 Å². The first-order valence-corrected chi connectivity index (χ1v) is 11.0. The van der Waals surface area contributed by atoms with Crippen LogP contribution in [0.15, 0.2) is 48.5 Å². The van der Waals surface area contributed by atoms with E-state index in [1.165, 1.54) is 11.1 Å². The lowest BCUT2D eigenvalue weighted by Gasteiger charge is -2.36. The molecule has 1 unspecified atom stereocenters. The zero-order valence-electron chi connectivity index (χ0n) is 18.6. The van der Waals surface area contributed by atoms with Gasteiger partial charge in [-0.15, -0.1) is 0 Å². The first-order valence-electron chi connectivity index (χ1n) is 11.0. The van der Waals surface area contributed by atoms with Gasteiger partial charge in [-0.05, 0) is 57.1 Å². The number of likely N-dealkylation sites (N-methyl/N-ethyl adjacent to an activating group) is 1. The summed E-state index contributed by atoms with van der Waals surface area (Å²) in [6.07, 6.45) is 2.04. The Labute approximate surface area is 184 Å². The third-order valence-electron chi connectivity index (χ3n) is 6.65. The lowest BCUT2D eigenvalue weighted by atomic mass is 9.93. The molecule has 0 radical (unpaired) electrons. The van der Waals surface area contributed by atoms with E-state index in [9.17, 15) is 9.59 Å². The van der Waals surface area contributed by atoms with E-state index in [4.69, 9.17) is 4.74 Å². The Hall–Kier alpha value is -2.86. The SMILES string of the molecule is CCOc1ccccc1N1CC(C(=O)NCC2(N(C)C)Cc3ccccc3C2)CC1=O. The lowest BCUT2D eigenvalue weighted by Crippen LogP contribution is -2.54. The van der Waals surface area contributed by atoms with E-state index in [0.29, 0.717) is 25.4 Å². The van der Waals surface area contributed by atoms with Crippen LogP contribution in [0, 0.1) is 5.92 Å². The van der Waals surface area contributed by atoms with Gasteiger partial charge in [-0.25, -0.2) is 0 Å². The van der Waals surface area contributed by atoms with Crippen LogP contribution in [-0.2, 0) is 22.4 Å². The van der Waals surface area contributed by atoms with Crippen LogP contribution in [0.1, 0.15) is 24.5 Å². The third-order valence-corrected chi connectivity index (χ3v) is 6.65. The van der Waals surface area contributed by atoms with Crippen LogP contribution < -0.4 is 15.0 Å². The molecule has 1 saturated heterocycles. The zero-order valence-corrected chi connectivity index (χ0v) is 18.6. The molecular formula is C25H31N3O3. The van der Waals surface area contributed by atoms with Crippen molar-refractivity contribution in [1.29, 1.82) is 0 Å². The predicted octanol–water partition coefficient (Wildman–Crippen LogP) is 2.65. The second-order valence-corrected chi connectivity index (χ2v) is 8.76. The fraction of sp³-hybridized carbons (Fsp3) is 0.440. The standard InChI is InChI=1S/C25H31N3O3/c1-4-31-22-12-8-7-11-21(22)28-16-20(13-23(28)29)24(30)26-17-25(27(2)3)14-18-9-5-6-10-19(18)15-25/h5-12,20H,4,13-17H2,1-3H3,(H,26,30). The molecule has 0 bridgehead atoms. The van der Waals surface area contributed by atoms with Crippen molar-refractivity contribution in [3.8, 4) is 5.75 Å². The average Bonchev–Trinajstić information content (AvgIpc) is 3.34. The van der Waals surface area contributed by atoms with Gasteiger partial charge in [0.1, 0.15) is 5.75 Å². The summed E-state index contributed by atoms with van der Waals surface area (Å²) >= 11 is 0. The van der Waals surface area contributed by atoms with Gasteiger partial charge in [0.05, 0.1) is 18.2 Å². The predicted molar refractivity (Wildman–Crippen MR) is 121 cm³/mol. The van der Waals surface area contributed by atoms with Crippen LogP contribution in [0.2, 0.25) is 0 Å². The van der Waals surface area contributed by atoms with Crippen molar-refractivity contribution in [2.45, 2.75) is 31.7 Å². The van der Waals surface area contributed by atoms with Gasteiger partial charge in [0.25, 0.3) is 0 Å². The molecule has 6 heteroatoms. The van der Waals surface area contributed by atoms with Gasteiger partial charge in [-0.2, -0.15) is 0 Å². The quantitative estimate of drug-likeness (QED) is 0.747. The normalized spacial score (nSPS) is 19.5. The number of nitrogens with zero attached hydrogens (tertiary/aromatic N) is 2. The summed E-state index contributed by atoms with van der Waals surface area (Å²) < 4.78 is 5.68. The largest absolute Gasteiger partial charge is 0.492 e. The fourth-order valence-electron chi connectivity index (χ4n) is 4.74. The minimum Gasteiger partial charge on any atom is -0.492 e. The molecule has 2 amide bonds. The van der Waals surface area contributed by atoms with Crippen molar-refractivity contribution in [3.05, 3.63) is 59.7 Å². The van der Waals surface area contributed by atoms with E-state index in [0.717, 1.165) is 18.5 Å². The maximum absolute atomic E-state index is 13.0. The molecule has 164 valence electrons. The molecule has 1 aliphatic carbocycles. The van der Waals surface area contributed by atoms with Crippen LogP contribution in [0.5, 0.6) is 5.75 Å². The highest BCUT2D eigenvalue weighted by Crippen LogP contribution is 2.35. The van der Waals surface area contributed by atoms with E-state index in [1.54, 1.807) is 4.90 Å². The second-order valence-electron chi connectivity index (χ2n) is 8.76. The van der Waals surface area contributed by atoms with Crippen LogP contribution >= 0.6 is 0 Å². The Morgan fingerprint density at radius 3 is 2.42 bits per heavy atom. The van der Waals surface area contributed by atoms with E-state index < -0.39 is 0 Å². The molecule has 31 heavy (non-hydrogen) atoms. The van der Waals surface area contributed by atoms with Gasteiger partial charge in [0.15, 0.2) is 0 Å². The number of amides is 2. The summed E-state index contributed by atoms with van der Waals surface area (Å²) in [5.41, 5.74) is 3.30. The van der Waals surface area contributed by atoms with E-state index in [1.807, 2.05) is 31.2 Å². The number of rotatable bonds is 7. The lowest BCUT2D eigenvalue weighted by molar-refractivity contribution is -0.126. The summed E-state index contributed by atoms with van der Waals surface area (Å²) in [4.78, 5) is 29.6. The smallest absolute Gasteiger partial charge is 0.227 e. The zero-order chi connectivity index (χ0) is 22.0. The maximum atomic E-state index is 13.0. The van der Waals surface area contributed by atoms with Crippen LogP contribution in [0.3, 0.4) is 0 Å². The number of nitrogens with one attached hydrogen (secondary N) is 1. The van der Waals surface area contributed by atoms with Crippen LogP contribution in [0.4, 0.5) is 5.69 Å². The Morgan fingerprint density at radius 1 is 1.13 bits per heavy atom. The molecule has 4 rings (SSSR count). The number of ether oxygens (including phenoxy) is 1. The van der Waals surface area contributed by atoms with Gasteiger partial charge in [0, 0.05) is 25.0 Å². The summed E-state index contributed by atoms with van der Waals surface area (Å²) in [5, 5.41) is 3.17. The number of para-hydroxylation sites is 2. The van der Waals surface area contributed by atoms with E-state index >= 15 is 0 Å². The molecule has 1 aliphatic heterocycles. The number of hydrogen-bond acceptors (Lipinski definition) is 4. The molecule has 2 aromatic rings. The van der Waals surface area contributed by atoms with Gasteiger partial charge < -0.3 is 19.9 Å². The highest BCUT2D eigenvalue weighted by molar-refractivity contribution is 6.01. The first kappa shape index (κ1) is 21.4. The molecule has 1 fully saturated rings. The number of anilines is 1. The molecule has 2 aliphatic rings. The summed E-state index contributed by atoms with van der Waals surface area (Å²) in [6, 6.07) is 16.0. The fourth-order valence-corrected chi connectivity index (χ4v) is 4.74. The number of benzene rings is 2. The number of hydrogen-bond donors (Lipinski definition) is 1. The van der Waals surface area contributed by atoms with Crippen LogP contribution in [0.25, 0.3) is 0 Å². The number of carbonyl (C=O) groups is 2. The number of carbonyl (C=O) groups excluding carboxylic acids is 2. The Morgan fingerprint density at radius 2 is 1.77 bits per heavy atom. The molecule has 6 nitrogen and oxygen atoms in total. The molecule has 1 atom stereocenters. The molecule has 0 spiro atoms. The highest BCUT2D eigenvalue weighted by atomic mass is 16.5. The second kappa shape index (κ2) is 8.71. The van der Waals surface area contributed by atoms with Gasteiger partial charge in [-0.3, -0.25) is 9.59 Å². The van der Waals surface area contributed by atoms with Crippen molar-refractivity contribution in [2.75, 3.05) is 38.7 Å². The Bertz CT molecular complexity index is 947. The summed E-state index contributed by atoms with van der Waals surface area (Å²) in [6.45, 7) is 3.39. The van der Waals surface area contributed by atoms with Crippen molar-refractivity contribution in [1.82, 2.24) is 10.2 Å². The third kappa shape index (κ3) is 4.17. The molecule has 1 N–H and O–H groups in total. The van der Waals surface area contributed by atoms with Crippen molar-refractivity contribution < 1.29 is 14.3 Å². The Balaban J connectivity index is 1.42. The van der Waals surface area contributed by atoms with Crippen molar-refractivity contribution >= 4 is 17.5 Å². The van der Waals surface area contributed by atoms with Gasteiger partial charge >= 0.3 is 0 Å². The first-order chi connectivity index (χ1) is 14.9.